The molecular weight excluding hydrogens is 275 g/mol. The number of hydrogen-bond acceptors (Lipinski definition) is 4. The summed E-state index contributed by atoms with van der Waals surface area (Å²) in [7, 11) is 0. The smallest absolute Gasteiger partial charge is 0.409 e. The first kappa shape index (κ1) is 13.8. The van der Waals surface area contributed by atoms with Gasteiger partial charge in [-0.25, -0.2) is 0 Å². The fourth-order valence-corrected chi connectivity index (χ4v) is 1.62. The van der Waals surface area contributed by atoms with E-state index in [-0.39, 0.29) is 18.1 Å². The molecule has 106 valence electrons. The molecule has 0 fully saturated rings. The molecule has 0 spiro atoms. The predicted molar refractivity (Wildman–Crippen MR) is 63.1 cm³/mol. The highest BCUT2D eigenvalue weighted by atomic mass is 19.4. The van der Waals surface area contributed by atoms with Gasteiger partial charge in [-0.3, -0.25) is 9.67 Å². The van der Waals surface area contributed by atoms with Crippen LogP contribution in [0, 0.1) is 0 Å². The molecule has 0 aliphatic carbocycles. The molecule has 3 N–H and O–H groups in total. The summed E-state index contributed by atoms with van der Waals surface area (Å²) in [5.74, 6) is -0.219. The highest BCUT2D eigenvalue weighted by Crippen LogP contribution is 2.28. The molecule has 0 unspecified atom stereocenters. The van der Waals surface area contributed by atoms with Crippen LogP contribution in [0.2, 0.25) is 0 Å². The molecule has 0 amide bonds. The van der Waals surface area contributed by atoms with E-state index < -0.39 is 11.7 Å². The van der Waals surface area contributed by atoms with Crippen LogP contribution in [0.5, 0.6) is 0 Å². The molecule has 0 bridgehead atoms. The number of pyridine rings is 1. The van der Waals surface area contributed by atoms with E-state index in [1.807, 2.05) is 0 Å². The molecular formula is C11H10F3N5O. The van der Waals surface area contributed by atoms with Crippen LogP contribution in [0.25, 0.3) is 0 Å². The SMILES string of the molecule is NC(=NO)c1ncccc1Cn1cc(C(F)(F)F)cn1. The van der Waals surface area contributed by atoms with Gasteiger partial charge in [-0.1, -0.05) is 11.2 Å². The molecule has 0 aliphatic rings. The zero-order valence-corrected chi connectivity index (χ0v) is 10.0. The van der Waals surface area contributed by atoms with Crippen molar-refractivity contribution < 1.29 is 18.4 Å². The zero-order chi connectivity index (χ0) is 14.8. The number of halogens is 3. The maximum absolute atomic E-state index is 12.5. The van der Waals surface area contributed by atoms with Crippen LogP contribution in [0.1, 0.15) is 16.8 Å². The average molecular weight is 285 g/mol. The van der Waals surface area contributed by atoms with Crippen molar-refractivity contribution in [2.45, 2.75) is 12.7 Å². The molecule has 2 aromatic rings. The Bertz CT molecular complexity index is 635. The number of nitrogens with zero attached hydrogens (tertiary/aromatic N) is 4. The maximum atomic E-state index is 12.5. The number of rotatable bonds is 3. The largest absolute Gasteiger partial charge is 0.419 e. The minimum atomic E-state index is -4.44. The summed E-state index contributed by atoms with van der Waals surface area (Å²) in [4.78, 5) is 3.92. The monoisotopic (exact) mass is 285 g/mol. The molecule has 0 radical (unpaired) electrons. The number of alkyl halides is 3. The molecule has 0 saturated heterocycles. The summed E-state index contributed by atoms with van der Waals surface area (Å²) in [6, 6.07) is 3.20. The van der Waals surface area contributed by atoms with Crippen molar-refractivity contribution in [1.82, 2.24) is 14.8 Å². The summed E-state index contributed by atoms with van der Waals surface area (Å²) in [6.45, 7) is 0.0233. The van der Waals surface area contributed by atoms with Crippen molar-refractivity contribution in [3.8, 4) is 0 Å². The number of amidine groups is 1. The zero-order valence-electron chi connectivity index (χ0n) is 10.0. The molecule has 0 saturated carbocycles. The van der Waals surface area contributed by atoms with Gasteiger partial charge in [-0.2, -0.15) is 18.3 Å². The van der Waals surface area contributed by atoms with Crippen LogP contribution < -0.4 is 5.73 Å². The predicted octanol–water partition coefficient (Wildman–Crippen LogP) is 1.44. The second-order valence-electron chi connectivity index (χ2n) is 3.92. The Morgan fingerprint density at radius 1 is 1.45 bits per heavy atom. The Kier molecular flexibility index (Phi) is 3.59. The van der Waals surface area contributed by atoms with Gasteiger partial charge in [0.2, 0.25) is 0 Å². The van der Waals surface area contributed by atoms with Crippen molar-refractivity contribution >= 4 is 5.84 Å². The first-order valence-electron chi connectivity index (χ1n) is 5.43. The van der Waals surface area contributed by atoms with Crippen molar-refractivity contribution in [3.63, 3.8) is 0 Å². The Balaban J connectivity index is 2.29. The molecule has 0 aliphatic heterocycles. The van der Waals surface area contributed by atoms with Gasteiger partial charge in [0.1, 0.15) is 5.69 Å². The Morgan fingerprint density at radius 3 is 2.80 bits per heavy atom. The molecule has 20 heavy (non-hydrogen) atoms. The Hall–Kier alpha value is -2.58. The van der Waals surface area contributed by atoms with Crippen molar-refractivity contribution in [2.75, 3.05) is 0 Å². The molecule has 2 aromatic heterocycles. The second kappa shape index (κ2) is 5.19. The van der Waals surface area contributed by atoms with Crippen LogP contribution in [0.15, 0.2) is 35.9 Å². The van der Waals surface area contributed by atoms with Gasteiger partial charge in [-0.05, 0) is 6.07 Å². The molecule has 0 aromatic carbocycles. The van der Waals surface area contributed by atoms with E-state index in [4.69, 9.17) is 10.9 Å². The molecule has 0 atom stereocenters. The second-order valence-corrected chi connectivity index (χ2v) is 3.92. The fourth-order valence-electron chi connectivity index (χ4n) is 1.62. The van der Waals surface area contributed by atoms with Gasteiger partial charge in [0.05, 0.1) is 18.3 Å². The van der Waals surface area contributed by atoms with E-state index in [9.17, 15) is 13.2 Å². The molecule has 6 nitrogen and oxygen atoms in total. The van der Waals surface area contributed by atoms with E-state index in [0.717, 1.165) is 17.1 Å². The first-order chi connectivity index (χ1) is 9.41. The highest BCUT2D eigenvalue weighted by Gasteiger charge is 2.32. The van der Waals surface area contributed by atoms with Crippen molar-refractivity contribution in [2.24, 2.45) is 10.9 Å². The minimum Gasteiger partial charge on any atom is -0.409 e. The molecule has 2 heterocycles. The Morgan fingerprint density at radius 2 is 2.20 bits per heavy atom. The number of aromatic nitrogens is 3. The van der Waals surface area contributed by atoms with Crippen LogP contribution in [0.4, 0.5) is 13.2 Å². The van der Waals surface area contributed by atoms with Crippen molar-refractivity contribution in [3.05, 3.63) is 47.5 Å². The van der Waals surface area contributed by atoms with Gasteiger partial charge >= 0.3 is 6.18 Å². The standard InChI is InChI=1S/C11H10F3N5O/c12-11(13,14)8-4-17-19(6-8)5-7-2-1-3-16-9(7)10(15)18-20/h1-4,6,20H,5H2,(H2,15,18). The van der Waals surface area contributed by atoms with Crippen LogP contribution in [0.3, 0.4) is 0 Å². The lowest BCUT2D eigenvalue weighted by atomic mass is 10.2. The van der Waals surface area contributed by atoms with E-state index in [0.29, 0.717) is 5.56 Å². The van der Waals surface area contributed by atoms with Gasteiger partial charge < -0.3 is 10.9 Å². The fraction of sp³-hybridized carbons (Fsp3) is 0.182. The summed E-state index contributed by atoms with van der Waals surface area (Å²) in [6.07, 6.45) is -1.40. The summed E-state index contributed by atoms with van der Waals surface area (Å²) < 4.78 is 38.5. The van der Waals surface area contributed by atoms with E-state index >= 15 is 0 Å². The average Bonchev–Trinajstić information content (AvgIpc) is 2.87. The van der Waals surface area contributed by atoms with Crippen molar-refractivity contribution in [1.29, 1.82) is 0 Å². The van der Waals surface area contributed by atoms with Gasteiger partial charge in [0.25, 0.3) is 0 Å². The lowest BCUT2D eigenvalue weighted by Gasteiger charge is -2.07. The normalized spacial score (nSPS) is 12.7. The maximum Gasteiger partial charge on any atom is 0.419 e. The summed E-state index contributed by atoms with van der Waals surface area (Å²) in [5, 5.41) is 15.1. The topological polar surface area (TPSA) is 89.3 Å². The third-order valence-corrected chi connectivity index (χ3v) is 2.53. The molecule has 2 rings (SSSR count). The number of oxime groups is 1. The van der Waals surface area contributed by atoms with E-state index in [2.05, 4.69) is 15.2 Å². The molecule has 9 heteroatoms. The Labute approximate surface area is 111 Å². The van der Waals surface area contributed by atoms with Gasteiger partial charge in [0.15, 0.2) is 5.84 Å². The van der Waals surface area contributed by atoms with Crippen LogP contribution >= 0.6 is 0 Å². The summed E-state index contributed by atoms with van der Waals surface area (Å²) in [5.41, 5.74) is 5.29. The minimum absolute atomic E-state index is 0.0233. The van der Waals surface area contributed by atoms with E-state index in [1.54, 1.807) is 12.1 Å². The lowest BCUT2D eigenvalue weighted by molar-refractivity contribution is -0.137. The van der Waals surface area contributed by atoms with Crippen LogP contribution in [-0.2, 0) is 12.7 Å². The first-order valence-corrected chi connectivity index (χ1v) is 5.43. The lowest BCUT2D eigenvalue weighted by Crippen LogP contribution is -2.18. The number of nitrogens with two attached hydrogens (primary N) is 1. The third kappa shape index (κ3) is 2.87. The van der Waals surface area contributed by atoms with Crippen LogP contribution in [-0.4, -0.2) is 25.8 Å². The number of hydrogen-bond donors (Lipinski definition) is 2. The third-order valence-electron chi connectivity index (χ3n) is 2.53. The quantitative estimate of drug-likeness (QED) is 0.386. The summed E-state index contributed by atoms with van der Waals surface area (Å²) >= 11 is 0. The van der Waals surface area contributed by atoms with E-state index in [1.165, 1.54) is 6.20 Å². The van der Waals surface area contributed by atoms with Gasteiger partial charge in [0, 0.05) is 18.0 Å². The van der Waals surface area contributed by atoms with Gasteiger partial charge in [-0.15, -0.1) is 0 Å². The highest BCUT2D eigenvalue weighted by molar-refractivity contribution is 5.96.